The Labute approximate surface area is 370 Å². The Morgan fingerprint density at radius 3 is 0.983 bits per heavy atom. The molecule has 0 aromatic heterocycles. The van der Waals surface area contributed by atoms with E-state index < -0.39 is 6.10 Å². The number of aliphatic hydroxyl groups is 1. The maximum absolute atomic E-state index is 12.3. The van der Waals surface area contributed by atoms with E-state index in [1.807, 2.05) is 0 Å². The van der Waals surface area contributed by atoms with Gasteiger partial charge in [-0.25, -0.2) is 0 Å². The van der Waals surface area contributed by atoms with Crippen LogP contribution in [-0.4, -0.2) is 29.4 Å². The van der Waals surface area contributed by atoms with Crippen LogP contribution in [-0.2, 0) is 9.59 Å². The lowest BCUT2D eigenvalue weighted by molar-refractivity contribution is -0.121. The van der Waals surface area contributed by atoms with E-state index in [2.05, 4.69) is 31.3 Å². The van der Waals surface area contributed by atoms with E-state index in [1.165, 1.54) is 244 Å². The topological polar surface area (TPSA) is 66.4 Å². The van der Waals surface area contributed by atoms with Crippen molar-refractivity contribution in [1.82, 2.24) is 5.32 Å². The molecule has 4 nitrogen and oxygen atoms in total. The van der Waals surface area contributed by atoms with Crippen molar-refractivity contribution in [3.8, 4) is 0 Å². The van der Waals surface area contributed by atoms with Crippen LogP contribution in [0.2, 0.25) is 0 Å². The van der Waals surface area contributed by atoms with Crippen LogP contribution in [0.5, 0.6) is 0 Å². The summed E-state index contributed by atoms with van der Waals surface area (Å²) in [6.45, 7) is 4.98. The second-order valence-electron chi connectivity index (χ2n) is 18.9. The van der Waals surface area contributed by atoms with Crippen molar-refractivity contribution in [2.24, 2.45) is 0 Å². The first-order valence-corrected chi connectivity index (χ1v) is 27.2. The lowest BCUT2D eigenvalue weighted by atomic mass is 10.0. The molecule has 0 saturated heterocycles. The highest BCUT2D eigenvalue weighted by Crippen LogP contribution is 2.17. The molecule has 0 aromatic carbocycles. The Hall–Kier alpha value is -1.16. The Morgan fingerprint density at radius 2 is 0.644 bits per heavy atom. The number of ketones is 1. The van der Waals surface area contributed by atoms with Crippen molar-refractivity contribution in [2.45, 2.75) is 322 Å². The second kappa shape index (κ2) is 51.2. The number of hydrogen-bond donors (Lipinski definition) is 2. The smallest absolute Gasteiger partial charge is 0.220 e. The van der Waals surface area contributed by atoms with Crippen LogP contribution in [0, 0.1) is 0 Å². The van der Waals surface area contributed by atoms with Gasteiger partial charge in [-0.05, 0) is 51.4 Å². The number of nitrogens with one attached hydrogen (secondary N) is 1. The number of carbonyl (C=O) groups excluding carboxylic acids is 2. The molecule has 0 bridgehead atoms. The summed E-state index contributed by atoms with van der Waals surface area (Å²) in [5.74, 6) is 0.597. The summed E-state index contributed by atoms with van der Waals surface area (Å²) in [4.78, 5) is 24.5. The average molecular weight is 830 g/mol. The molecule has 0 fully saturated rings. The number of carbonyl (C=O) groups is 2. The quantitative estimate of drug-likeness (QED) is 0.0474. The molecule has 1 amide bonds. The van der Waals surface area contributed by atoms with Crippen LogP contribution < -0.4 is 5.32 Å². The third-order valence-electron chi connectivity index (χ3n) is 12.8. The van der Waals surface area contributed by atoms with Gasteiger partial charge in [-0.1, -0.05) is 257 Å². The minimum Gasteiger partial charge on any atom is -0.391 e. The zero-order valence-electron chi connectivity index (χ0n) is 40.4. The Kier molecular flexibility index (Phi) is 50.2. The van der Waals surface area contributed by atoms with Crippen molar-refractivity contribution < 1.29 is 14.7 Å². The van der Waals surface area contributed by atoms with E-state index in [4.69, 9.17) is 0 Å². The van der Waals surface area contributed by atoms with Crippen molar-refractivity contribution in [3.63, 3.8) is 0 Å². The van der Waals surface area contributed by atoms with Gasteiger partial charge in [0.25, 0.3) is 0 Å². The highest BCUT2D eigenvalue weighted by atomic mass is 16.3. The highest BCUT2D eigenvalue weighted by Gasteiger charge is 2.07. The largest absolute Gasteiger partial charge is 0.391 e. The van der Waals surface area contributed by atoms with Gasteiger partial charge in [0, 0.05) is 25.8 Å². The molecule has 0 aliphatic rings. The minimum absolute atomic E-state index is 0.101. The lowest BCUT2D eigenvalue weighted by Crippen LogP contribution is -2.31. The molecule has 0 radical (unpaired) electrons. The zero-order chi connectivity index (χ0) is 42.8. The van der Waals surface area contributed by atoms with Crippen molar-refractivity contribution in [2.75, 3.05) is 6.54 Å². The minimum atomic E-state index is -0.401. The lowest BCUT2D eigenvalue weighted by Gasteiger charge is -2.12. The summed E-state index contributed by atoms with van der Waals surface area (Å²) in [5.41, 5.74) is 0. The fraction of sp³-hybridized carbons (Fsp3) is 0.927. The Balaban J connectivity index is 3.30. The third kappa shape index (κ3) is 51.1. The fourth-order valence-electron chi connectivity index (χ4n) is 8.60. The van der Waals surface area contributed by atoms with Crippen molar-refractivity contribution >= 4 is 11.7 Å². The number of unbranched alkanes of at least 4 members (excludes halogenated alkanes) is 39. The molecular weight excluding hydrogens is 723 g/mol. The predicted octanol–water partition coefficient (Wildman–Crippen LogP) is 18.0. The van der Waals surface area contributed by atoms with Crippen LogP contribution in [0.4, 0.5) is 0 Å². The molecule has 0 aliphatic heterocycles. The van der Waals surface area contributed by atoms with Crippen LogP contribution in [0.15, 0.2) is 12.2 Å². The zero-order valence-corrected chi connectivity index (χ0v) is 40.4. The fourth-order valence-corrected chi connectivity index (χ4v) is 8.60. The Bertz CT molecular complexity index is 855. The van der Waals surface area contributed by atoms with Crippen LogP contribution >= 0.6 is 0 Å². The first-order chi connectivity index (χ1) is 29.1. The van der Waals surface area contributed by atoms with E-state index in [0.29, 0.717) is 18.7 Å². The summed E-state index contributed by atoms with van der Waals surface area (Å²) in [5, 5.41) is 13.2. The molecule has 2 N–H and O–H groups in total. The van der Waals surface area contributed by atoms with Gasteiger partial charge in [-0.3, -0.25) is 9.59 Å². The van der Waals surface area contributed by atoms with Gasteiger partial charge >= 0.3 is 0 Å². The van der Waals surface area contributed by atoms with Crippen LogP contribution in [0.3, 0.4) is 0 Å². The molecule has 4 heteroatoms. The average Bonchev–Trinajstić information content (AvgIpc) is 3.23. The van der Waals surface area contributed by atoms with Crippen LogP contribution in [0.25, 0.3) is 0 Å². The molecule has 0 aromatic rings. The number of hydrogen-bond acceptors (Lipinski definition) is 3. The summed E-state index contributed by atoms with van der Waals surface area (Å²) in [7, 11) is 0. The molecule has 0 unspecified atom stereocenters. The van der Waals surface area contributed by atoms with Gasteiger partial charge in [0.05, 0.1) is 6.10 Å². The number of allylic oxidation sites excluding steroid dienone is 2. The van der Waals surface area contributed by atoms with Crippen LogP contribution in [0.1, 0.15) is 316 Å². The summed E-state index contributed by atoms with van der Waals surface area (Å²) in [6, 6.07) is 0. The van der Waals surface area contributed by atoms with Gasteiger partial charge < -0.3 is 10.4 Å². The highest BCUT2D eigenvalue weighted by molar-refractivity contribution is 5.78. The number of amides is 1. The number of Topliss-reactive ketones (excluding diaryl/α,β-unsaturated/α-hetero) is 1. The Morgan fingerprint density at radius 1 is 0.373 bits per heavy atom. The molecule has 59 heavy (non-hydrogen) atoms. The van der Waals surface area contributed by atoms with E-state index in [1.54, 1.807) is 0 Å². The van der Waals surface area contributed by atoms with Gasteiger partial charge in [-0.2, -0.15) is 0 Å². The summed E-state index contributed by atoms with van der Waals surface area (Å²) < 4.78 is 0. The van der Waals surface area contributed by atoms with E-state index in [9.17, 15) is 14.7 Å². The van der Waals surface area contributed by atoms with E-state index in [0.717, 1.165) is 51.4 Å². The first-order valence-electron chi connectivity index (χ1n) is 27.2. The van der Waals surface area contributed by atoms with Gasteiger partial charge in [0.1, 0.15) is 5.78 Å². The summed E-state index contributed by atoms with van der Waals surface area (Å²) in [6.07, 6.45) is 63.9. The SMILES string of the molecule is CCCCCCCCC=CCCCCCCCCCCCC(=O)CCCCCCCCCCCCCCC(=O)NC[C@@H](O)CCCCCCCCCCCCCCCC. The predicted molar refractivity (Wildman–Crippen MR) is 262 cm³/mol. The molecule has 0 aliphatic carbocycles. The first kappa shape index (κ1) is 57.8. The maximum Gasteiger partial charge on any atom is 0.220 e. The van der Waals surface area contributed by atoms with Gasteiger partial charge in [-0.15, -0.1) is 0 Å². The van der Waals surface area contributed by atoms with Gasteiger partial charge in [0.2, 0.25) is 5.91 Å². The van der Waals surface area contributed by atoms with Crippen molar-refractivity contribution in [3.05, 3.63) is 12.2 Å². The molecule has 0 rings (SSSR count). The standard InChI is InChI=1S/C55H107NO3/c1-3-5-7-9-11-13-15-17-19-20-21-22-23-25-28-32-36-40-44-48-53(57)49-45-41-37-33-29-26-27-31-35-39-43-47-51-55(59)56-52-54(58)50-46-42-38-34-30-24-18-16-14-12-10-8-6-4-2/h17,19,54,58H,3-16,18,20-52H2,1-2H3,(H,56,59)/t54-/m0/s1. The normalized spacial score (nSPS) is 12.2. The van der Waals surface area contributed by atoms with Crippen molar-refractivity contribution in [1.29, 1.82) is 0 Å². The van der Waals surface area contributed by atoms with Gasteiger partial charge in [0.15, 0.2) is 0 Å². The second-order valence-corrected chi connectivity index (χ2v) is 18.9. The number of rotatable bonds is 51. The van der Waals surface area contributed by atoms with E-state index in [-0.39, 0.29) is 5.91 Å². The number of aliphatic hydroxyl groups excluding tert-OH is 1. The summed E-state index contributed by atoms with van der Waals surface area (Å²) >= 11 is 0. The van der Waals surface area contributed by atoms with E-state index >= 15 is 0 Å². The molecule has 1 atom stereocenters. The molecule has 0 spiro atoms. The third-order valence-corrected chi connectivity index (χ3v) is 12.8. The molecule has 0 saturated carbocycles. The molecular formula is C55H107NO3. The maximum atomic E-state index is 12.3. The monoisotopic (exact) mass is 830 g/mol. The molecule has 350 valence electrons. The molecule has 0 heterocycles.